The fourth-order valence-electron chi connectivity index (χ4n) is 2.06. The quantitative estimate of drug-likeness (QED) is 0.204. The van der Waals surface area contributed by atoms with Gasteiger partial charge in [0.25, 0.3) is 0 Å². The number of nitrogens with zero attached hydrogens (tertiary/aromatic N) is 1. The first-order valence-corrected chi connectivity index (χ1v) is 9.88. The molecular formula is C22H19NOS2. The summed E-state index contributed by atoms with van der Waals surface area (Å²) < 4.78 is 10.5. The molecule has 0 unspecified atom stereocenters. The van der Waals surface area contributed by atoms with Gasteiger partial charge in [-0.1, -0.05) is 65.9 Å². The fourth-order valence-corrected chi connectivity index (χ4v) is 3.27. The lowest BCUT2D eigenvalue weighted by Crippen LogP contribution is -2.03. The minimum Gasteiger partial charge on any atom is -0.438 e. The molecule has 0 saturated carbocycles. The first-order valence-electron chi connectivity index (χ1n) is 8.22. The first kappa shape index (κ1) is 18.4. The fraction of sp³-hybridized carbons (Fsp3) is 0.0455. The summed E-state index contributed by atoms with van der Waals surface area (Å²) in [7, 11) is 0. The van der Waals surface area contributed by atoms with Crippen LogP contribution >= 0.6 is 23.7 Å². The van der Waals surface area contributed by atoms with Gasteiger partial charge in [-0.25, -0.2) is 0 Å². The van der Waals surface area contributed by atoms with Crippen LogP contribution in [0.3, 0.4) is 0 Å². The molecule has 0 radical (unpaired) electrons. The van der Waals surface area contributed by atoms with Crippen molar-refractivity contribution in [1.29, 1.82) is 0 Å². The maximum Gasteiger partial charge on any atom is 0.226 e. The van der Waals surface area contributed by atoms with E-state index in [1.165, 1.54) is 22.4 Å². The second-order valence-electron chi connectivity index (χ2n) is 5.48. The Labute approximate surface area is 163 Å². The Balaban J connectivity index is 1.71. The van der Waals surface area contributed by atoms with Crippen molar-refractivity contribution in [3.8, 4) is 5.75 Å². The SMILES string of the molecule is Cc1ccc(SC=CC(=NSc2ccccc2)Oc2ccccc2)cc1. The van der Waals surface area contributed by atoms with Crippen molar-refractivity contribution < 1.29 is 4.74 Å². The van der Waals surface area contributed by atoms with Crippen LogP contribution in [0.4, 0.5) is 0 Å². The van der Waals surface area contributed by atoms with Crippen LogP contribution in [0.2, 0.25) is 0 Å². The highest BCUT2D eigenvalue weighted by Crippen LogP contribution is 2.22. The minimum absolute atomic E-state index is 0.560. The van der Waals surface area contributed by atoms with Crippen molar-refractivity contribution in [2.24, 2.45) is 4.40 Å². The van der Waals surface area contributed by atoms with E-state index < -0.39 is 0 Å². The van der Waals surface area contributed by atoms with Crippen molar-refractivity contribution >= 4 is 29.6 Å². The molecule has 26 heavy (non-hydrogen) atoms. The van der Waals surface area contributed by atoms with Gasteiger partial charge in [-0.15, -0.1) is 0 Å². The van der Waals surface area contributed by atoms with Gasteiger partial charge in [-0.05, 0) is 48.7 Å². The maximum atomic E-state index is 5.92. The van der Waals surface area contributed by atoms with Gasteiger partial charge >= 0.3 is 0 Å². The molecule has 0 aliphatic rings. The summed E-state index contributed by atoms with van der Waals surface area (Å²) in [5.74, 6) is 1.33. The van der Waals surface area contributed by atoms with Crippen LogP contribution in [0.5, 0.6) is 5.75 Å². The number of aryl methyl sites for hydroxylation is 1. The highest BCUT2D eigenvalue weighted by molar-refractivity contribution is 8.02. The second kappa shape index (κ2) is 9.90. The van der Waals surface area contributed by atoms with Crippen molar-refractivity contribution in [2.45, 2.75) is 16.7 Å². The van der Waals surface area contributed by atoms with Crippen molar-refractivity contribution in [3.05, 3.63) is 102 Å². The smallest absolute Gasteiger partial charge is 0.226 e. The molecule has 0 heterocycles. The van der Waals surface area contributed by atoms with Crippen LogP contribution in [0.15, 0.2) is 111 Å². The molecule has 0 fully saturated rings. The predicted octanol–water partition coefficient (Wildman–Crippen LogP) is 6.79. The molecule has 3 rings (SSSR count). The number of benzene rings is 3. The summed E-state index contributed by atoms with van der Waals surface area (Å²) in [6, 6.07) is 28.2. The van der Waals surface area contributed by atoms with E-state index in [1.54, 1.807) is 11.8 Å². The van der Waals surface area contributed by atoms with E-state index in [0.717, 1.165) is 10.6 Å². The Morgan fingerprint density at radius 1 is 0.808 bits per heavy atom. The van der Waals surface area contributed by atoms with Crippen LogP contribution < -0.4 is 4.74 Å². The number of para-hydroxylation sites is 1. The zero-order valence-corrected chi connectivity index (χ0v) is 16.0. The summed E-state index contributed by atoms with van der Waals surface area (Å²) >= 11 is 3.04. The third-order valence-corrected chi connectivity index (χ3v) is 4.96. The predicted molar refractivity (Wildman–Crippen MR) is 113 cm³/mol. The molecule has 0 aromatic heterocycles. The Kier molecular flexibility index (Phi) is 6.99. The number of hydrogen-bond acceptors (Lipinski definition) is 4. The molecule has 4 heteroatoms. The van der Waals surface area contributed by atoms with Crippen LogP contribution in [0, 0.1) is 6.92 Å². The van der Waals surface area contributed by atoms with E-state index in [2.05, 4.69) is 35.6 Å². The lowest BCUT2D eigenvalue weighted by Gasteiger charge is -2.05. The van der Waals surface area contributed by atoms with Gasteiger partial charge in [0.05, 0.1) is 0 Å². The zero-order chi connectivity index (χ0) is 18.0. The van der Waals surface area contributed by atoms with Crippen LogP contribution in [0.1, 0.15) is 5.56 Å². The van der Waals surface area contributed by atoms with E-state index >= 15 is 0 Å². The summed E-state index contributed by atoms with van der Waals surface area (Å²) in [5.41, 5.74) is 1.26. The Morgan fingerprint density at radius 2 is 1.46 bits per heavy atom. The van der Waals surface area contributed by atoms with Gasteiger partial charge in [0.15, 0.2) is 0 Å². The largest absolute Gasteiger partial charge is 0.438 e. The van der Waals surface area contributed by atoms with Gasteiger partial charge in [0.2, 0.25) is 5.90 Å². The molecular weight excluding hydrogens is 358 g/mol. The van der Waals surface area contributed by atoms with Gasteiger partial charge in [-0.3, -0.25) is 0 Å². The average Bonchev–Trinajstić information content (AvgIpc) is 2.69. The topological polar surface area (TPSA) is 21.6 Å². The average molecular weight is 378 g/mol. The molecule has 2 nitrogen and oxygen atoms in total. The Bertz CT molecular complexity index is 860. The third-order valence-electron chi connectivity index (χ3n) is 3.39. The Hall–Kier alpha value is -2.43. The molecule has 130 valence electrons. The van der Waals surface area contributed by atoms with E-state index in [9.17, 15) is 0 Å². The molecule has 0 atom stereocenters. The molecule has 0 bridgehead atoms. The Morgan fingerprint density at radius 3 is 2.15 bits per heavy atom. The molecule has 3 aromatic rings. The van der Waals surface area contributed by atoms with Crippen molar-refractivity contribution in [1.82, 2.24) is 0 Å². The number of hydrogen-bond donors (Lipinski definition) is 0. The minimum atomic E-state index is 0.560. The van der Waals surface area contributed by atoms with E-state index in [4.69, 9.17) is 4.74 Å². The third kappa shape index (κ3) is 6.14. The maximum absolute atomic E-state index is 5.92. The second-order valence-corrected chi connectivity index (χ2v) is 7.30. The normalized spacial score (nSPS) is 11.7. The van der Waals surface area contributed by atoms with Crippen LogP contribution in [0.25, 0.3) is 0 Å². The van der Waals surface area contributed by atoms with Gasteiger partial charge in [0, 0.05) is 27.8 Å². The van der Waals surface area contributed by atoms with E-state index in [-0.39, 0.29) is 0 Å². The highest BCUT2D eigenvalue weighted by atomic mass is 32.2. The summed E-state index contributed by atoms with van der Waals surface area (Å²) in [6.45, 7) is 2.09. The highest BCUT2D eigenvalue weighted by Gasteiger charge is 2.00. The standard InChI is InChI=1S/C22H19NOS2/c1-18-12-14-20(15-13-18)25-17-16-22(24-19-8-4-2-5-9-19)23-26-21-10-6-3-7-11-21/h2-17H,1H3. The van der Waals surface area contributed by atoms with Crippen molar-refractivity contribution in [2.75, 3.05) is 0 Å². The molecule has 3 aromatic carbocycles. The van der Waals surface area contributed by atoms with Crippen molar-refractivity contribution in [3.63, 3.8) is 0 Å². The number of thioether (sulfide) groups is 1. The van der Waals surface area contributed by atoms with E-state index in [1.807, 2.05) is 72.1 Å². The first-order chi connectivity index (χ1) is 12.8. The number of ether oxygens (including phenoxy) is 1. The monoisotopic (exact) mass is 377 g/mol. The lowest BCUT2D eigenvalue weighted by molar-refractivity contribution is 0.558. The lowest BCUT2D eigenvalue weighted by atomic mass is 10.2. The van der Waals surface area contributed by atoms with E-state index in [0.29, 0.717) is 5.90 Å². The molecule has 0 aliphatic carbocycles. The van der Waals surface area contributed by atoms with Gasteiger partial charge < -0.3 is 4.74 Å². The molecule has 0 aliphatic heterocycles. The molecule has 0 N–H and O–H groups in total. The van der Waals surface area contributed by atoms with Crippen LogP contribution in [-0.4, -0.2) is 5.90 Å². The summed E-state index contributed by atoms with van der Waals surface area (Å²) in [6.07, 6.45) is 1.90. The van der Waals surface area contributed by atoms with Gasteiger partial charge in [0.1, 0.15) is 5.75 Å². The van der Waals surface area contributed by atoms with Crippen LogP contribution in [-0.2, 0) is 0 Å². The zero-order valence-electron chi connectivity index (χ0n) is 14.4. The molecule has 0 spiro atoms. The summed E-state index contributed by atoms with van der Waals surface area (Å²) in [5, 5.41) is 2.00. The summed E-state index contributed by atoms with van der Waals surface area (Å²) in [4.78, 5) is 2.25. The van der Waals surface area contributed by atoms with Gasteiger partial charge in [-0.2, -0.15) is 4.40 Å². The molecule has 0 saturated heterocycles. The molecule has 0 amide bonds. The number of rotatable bonds is 6.